The smallest absolute Gasteiger partial charge is 0.310 e. The first kappa shape index (κ1) is 20.7. The monoisotopic (exact) mass is 426 g/mol. The number of nitrogens with zero attached hydrogens (tertiary/aromatic N) is 3. The van der Waals surface area contributed by atoms with E-state index in [-0.39, 0.29) is 30.0 Å². The first-order valence-corrected chi connectivity index (χ1v) is 9.71. The van der Waals surface area contributed by atoms with Crippen LogP contribution in [-0.2, 0) is 6.54 Å². The Morgan fingerprint density at radius 2 is 2.00 bits per heavy atom. The van der Waals surface area contributed by atoms with Crippen LogP contribution in [-0.4, -0.2) is 27.5 Å². The van der Waals surface area contributed by atoms with E-state index in [1.54, 1.807) is 6.92 Å². The van der Waals surface area contributed by atoms with Gasteiger partial charge in [0.1, 0.15) is 0 Å². The Labute approximate surface area is 177 Å². The van der Waals surface area contributed by atoms with Crippen molar-refractivity contribution in [1.29, 1.82) is 0 Å². The summed E-state index contributed by atoms with van der Waals surface area (Å²) in [7, 11) is 1.94. The second kappa shape index (κ2) is 7.94. The molecule has 2 heterocycles. The maximum absolute atomic E-state index is 14.1. The highest BCUT2D eigenvalue weighted by Crippen LogP contribution is 2.31. The molecule has 2 aliphatic rings. The van der Waals surface area contributed by atoms with E-state index in [1.807, 2.05) is 42.5 Å². The predicted octanol–water partition coefficient (Wildman–Crippen LogP) is 4.05. The number of fused-ring (bicyclic) bond motifs is 1. The first-order valence-electron chi connectivity index (χ1n) is 9.71. The van der Waals surface area contributed by atoms with Crippen LogP contribution in [0.4, 0.5) is 19.1 Å². The molecule has 1 aromatic carbocycles. The van der Waals surface area contributed by atoms with Crippen LogP contribution in [0.3, 0.4) is 0 Å². The second-order valence-corrected chi connectivity index (χ2v) is 7.69. The van der Waals surface area contributed by atoms with Gasteiger partial charge in [-0.05, 0) is 36.3 Å². The van der Waals surface area contributed by atoms with Gasteiger partial charge in [0, 0.05) is 36.6 Å². The number of aromatic nitrogens is 2. The van der Waals surface area contributed by atoms with Crippen LogP contribution in [0.15, 0.2) is 65.9 Å². The third-order valence-electron chi connectivity index (χ3n) is 5.39. The molecule has 2 atom stereocenters. The van der Waals surface area contributed by atoms with Gasteiger partial charge >= 0.3 is 5.56 Å². The molecule has 0 radical (unpaired) electrons. The average Bonchev–Trinajstić information content (AvgIpc) is 3.10. The molecule has 1 aromatic heterocycles. The minimum absolute atomic E-state index is 0.0173. The van der Waals surface area contributed by atoms with Gasteiger partial charge in [0.25, 0.3) is 0 Å². The van der Waals surface area contributed by atoms with Crippen LogP contribution in [0.1, 0.15) is 18.1 Å². The fraction of sp³-hybridized carbons (Fsp3) is 0.217. The van der Waals surface area contributed by atoms with E-state index < -0.39 is 23.0 Å². The minimum Gasteiger partial charge on any atom is -0.354 e. The molecule has 0 amide bonds. The third kappa shape index (κ3) is 3.93. The molecular formula is C23H21F3N4O. The lowest BCUT2D eigenvalue weighted by atomic mass is 9.93. The molecule has 31 heavy (non-hydrogen) atoms. The standard InChI is InChI=1S/C23H21F3N4O/c1-13(2)16-9-14(10-17(24)21(16)26)11-30-12-18(25)22(31)28-23(30)27-19-5-4-6-20-15(19)7-8-29(20)3/h4-10,12,15,19H,1,11H2,2-3H3,(H,27,28,31). The van der Waals surface area contributed by atoms with E-state index in [0.29, 0.717) is 11.1 Å². The highest BCUT2D eigenvalue weighted by Gasteiger charge is 2.29. The summed E-state index contributed by atoms with van der Waals surface area (Å²) < 4.78 is 43.6. The van der Waals surface area contributed by atoms with Gasteiger partial charge in [-0.2, -0.15) is 9.37 Å². The van der Waals surface area contributed by atoms with Crippen LogP contribution in [0.5, 0.6) is 0 Å². The van der Waals surface area contributed by atoms with E-state index in [0.717, 1.165) is 18.0 Å². The van der Waals surface area contributed by atoms with Gasteiger partial charge in [-0.25, -0.2) is 8.78 Å². The Morgan fingerprint density at radius 1 is 1.23 bits per heavy atom. The normalized spacial score (nSPS) is 19.4. The highest BCUT2D eigenvalue weighted by molar-refractivity contribution is 5.62. The topological polar surface area (TPSA) is 50.2 Å². The Hall–Kier alpha value is -3.55. The summed E-state index contributed by atoms with van der Waals surface area (Å²) >= 11 is 0. The summed E-state index contributed by atoms with van der Waals surface area (Å²) in [4.78, 5) is 17.7. The number of anilines is 1. The van der Waals surface area contributed by atoms with Crippen molar-refractivity contribution >= 4 is 11.5 Å². The first-order chi connectivity index (χ1) is 14.7. The number of rotatable bonds is 5. The summed E-state index contributed by atoms with van der Waals surface area (Å²) in [6.45, 7) is 5.22. The van der Waals surface area contributed by atoms with Crippen molar-refractivity contribution in [3.8, 4) is 0 Å². The lowest BCUT2D eigenvalue weighted by Gasteiger charge is -2.28. The molecule has 2 aromatic rings. The zero-order chi connectivity index (χ0) is 22.3. The molecule has 8 heteroatoms. The summed E-state index contributed by atoms with van der Waals surface area (Å²) in [5, 5.41) is 3.19. The van der Waals surface area contributed by atoms with Crippen molar-refractivity contribution in [2.24, 2.45) is 5.92 Å². The van der Waals surface area contributed by atoms with E-state index in [4.69, 9.17) is 0 Å². The van der Waals surface area contributed by atoms with Gasteiger partial charge in [-0.15, -0.1) is 0 Å². The van der Waals surface area contributed by atoms with Crippen LogP contribution >= 0.6 is 0 Å². The molecule has 0 saturated carbocycles. The summed E-state index contributed by atoms with van der Waals surface area (Å²) in [6.07, 6.45) is 10.8. The maximum atomic E-state index is 14.1. The molecule has 0 spiro atoms. The Bertz CT molecular complexity index is 1210. The van der Waals surface area contributed by atoms with Crippen LogP contribution < -0.4 is 10.9 Å². The summed E-state index contributed by atoms with van der Waals surface area (Å²) in [5.74, 6) is -2.89. The number of nitrogens with one attached hydrogen (secondary N) is 1. The van der Waals surface area contributed by atoms with Crippen molar-refractivity contribution < 1.29 is 13.2 Å². The average molecular weight is 426 g/mol. The van der Waals surface area contributed by atoms with Gasteiger partial charge in [-0.3, -0.25) is 4.79 Å². The molecule has 5 nitrogen and oxygen atoms in total. The summed E-state index contributed by atoms with van der Waals surface area (Å²) in [5.41, 5.74) is 0.863. The number of allylic oxidation sites excluding steroid dienone is 3. The molecule has 1 N–H and O–H groups in total. The fourth-order valence-electron chi connectivity index (χ4n) is 3.80. The summed E-state index contributed by atoms with van der Waals surface area (Å²) in [6, 6.07) is 2.27. The minimum atomic E-state index is -1.03. The molecule has 1 aliphatic carbocycles. The van der Waals surface area contributed by atoms with E-state index >= 15 is 0 Å². The molecule has 1 aliphatic heterocycles. The molecule has 160 valence electrons. The van der Waals surface area contributed by atoms with Gasteiger partial charge in [-0.1, -0.05) is 24.8 Å². The number of halogens is 3. The van der Waals surface area contributed by atoms with E-state index in [2.05, 4.69) is 16.9 Å². The van der Waals surface area contributed by atoms with Crippen molar-refractivity contribution in [1.82, 2.24) is 14.5 Å². The zero-order valence-electron chi connectivity index (χ0n) is 17.1. The lowest BCUT2D eigenvalue weighted by Crippen LogP contribution is -2.33. The van der Waals surface area contributed by atoms with Crippen molar-refractivity contribution in [3.05, 3.63) is 100 Å². The molecule has 0 bridgehead atoms. The van der Waals surface area contributed by atoms with Crippen molar-refractivity contribution in [2.75, 3.05) is 12.4 Å². The quantitative estimate of drug-likeness (QED) is 0.784. The molecule has 2 unspecified atom stereocenters. The van der Waals surface area contributed by atoms with Gasteiger partial charge in [0.2, 0.25) is 11.8 Å². The largest absolute Gasteiger partial charge is 0.354 e. The van der Waals surface area contributed by atoms with Gasteiger partial charge < -0.3 is 14.8 Å². The van der Waals surface area contributed by atoms with E-state index in [9.17, 15) is 18.0 Å². The Kier molecular flexibility index (Phi) is 5.31. The van der Waals surface area contributed by atoms with Gasteiger partial charge in [0.05, 0.1) is 12.6 Å². The zero-order valence-corrected chi connectivity index (χ0v) is 17.1. The highest BCUT2D eigenvalue weighted by atomic mass is 19.2. The maximum Gasteiger partial charge on any atom is 0.310 e. The third-order valence-corrected chi connectivity index (χ3v) is 5.39. The SMILES string of the molecule is C=C(C)c1cc(Cn2cc(F)c(=O)nc2NC2C=CC=C3C2C=CN3C)cc(F)c1F. The second-order valence-electron chi connectivity index (χ2n) is 7.69. The van der Waals surface area contributed by atoms with Crippen molar-refractivity contribution in [3.63, 3.8) is 0 Å². The molecule has 0 fully saturated rings. The fourth-order valence-corrected chi connectivity index (χ4v) is 3.80. The molecular weight excluding hydrogens is 405 g/mol. The Morgan fingerprint density at radius 3 is 2.74 bits per heavy atom. The lowest BCUT2D eigenvalue weighted by molar-refractivity contribution is 0.503. The Balaban J connectivity index is 1.69. The van der Waals surface area contributed by atoms with Crippen LogP contribution in [0, 0.1) is 23.4 Å². The number of hydrogen-bond donors (Lipinski definition) is 1. The van der Waals surface area contributed by atoms with E-state index in [1.165, 1.54) is 10.6 Å². The molecule has 4 rings (SSSR count). The number of hydrogen-bond acceptors (Lipinski definition) is 4. The van der Waals surface area contributed by atoms with Crippen LogP contribution in [0.25, 0.3) is 5.57 Å². The number of benzene rings is 1. The molecule has 0 saturated heterocycles. The predicted molar refractivity (Wildman–Crippen MR) is 114 cm³/mol. The van der Waals surface area contributed by atoms with Gasteiger partial charge in [0.15, 0.2) is 11.6 Å². The van der Waals surface area contributed by atoms with Crippen LogP contribution in [0.2, 0.25) is 0 Å². The van der Waals surface area contributed by atoms with Crippen molar-refractivity contribution in [2.45, 2.75) is 19.5 Å².